The van der Waals surface area contributed by atoms with Gasteiger partial charge in [-0.25, -0.2) is 4.98 Å². The first-order chi connectivity index (χ1) is 8.74. The van der Waals surface area contributed by atoms with Crippen LogP contribution in [-0.4, -0.2) is 25.6 Å². The second kappa shape index (κ2) is 4.55. The summed E-state index contributed by atoms with van der Waals surface area (Å²) in [5, 5.41) is 11.8. The molecule has 1 N–H and O–H groups in total. The Balaban J connectivity index is 1.86. The van der Waals surface area contributed by atoms with Gasteiger partial charge in [0.1, 0.15) is 5.82 Å². The van der Waals surface area contributed by atoms with Crippen LogP contribution in [0.1, 0.15) is 38.4 Å². The van der Waals surface area contributed by atoms with Crippen molar-refractivity contribution in [1.82, 2.24) is 19.6 Å². The molecular formula is C13H19N5. The van der Waals surface area contributed by atoms with Gasteiger partial charge in [-0.2, -0.15) is 0 Å². The molecular weight excluding hydrogens is 226 g/mol. The molecule has 0 saturated heterocycles. The molecule has 0 amide bonds. The molecule has 2 aromatic heterocycles. The summed E-state index contributed by atoms with van der Waals surface area (Å²) in [6, 6.07) is 0.518. The fourth-order valence-corrected chi connectivity index (χ4v) is 2.80. The number of nitrogens with one attached hydrogen (secondary N) is 1. The number of fused-ring (bicyclic) bond motifs is 1. The van der Waals surface area contributed by atoms with Crippen molar-refractivity contribution >= 4 is 11.5 Å². The zero-order valence-electron chi connectivity index (χ0n) is 10.9. The lowest BCUT2D eigenvalue weighted by molar-refractivity contribution is 0.358. The molecule has 96 valence electrons. The molecule has 1 aliphatic carbocycles. The fourth-order valence-electron chi connectivity index (χ4n) is 2.80. The van der Waals surface area contributed by atoms with Crippen molar-refractivity contribution in [2.45, 2.75) is 45.6 Å². The highest BCUT2D eigenvalue weighted by Crippen LogP contribution is 2.26. The Labute approximate surface area is 107 Å². The van der Waals surface area contributed by atoms with Crippen molar-refractivity contribution in [3.05, 3.63) is 18.2 Å². The predicted molar refractivity (Wildman–Crippen MR) is 70.6 cm³/mol. The Morgan fingerprint density at radius 1 is 1.33 bits per heavy atom. The molecule has 18 heavy (non-hydrogen) atoms. The second-order valence-electron chi connectivity index (χ2n) is 5.33. The number of hydrogen-bond acceptors (Lipinski definition) is 4. The Morgan fingerprint density at radius 2 is 2.22 bits per heavy atom. The molecule has 5 heteroatoms. The molecule has 1 saturated carbocycles. The maximum atomic E-state index is 4.40. The predicted octanol–water partition coefficient (Wildman–Crippen LogP) is 2.42. The molecule has 5 nitrogen and oxygen atoms in total. The van der Waals surface area contributed by atoms with Crippen LogP contribution < -0.4 is 5.32 Å². The molecule has 2 heterocycles. The normalized spacial score (nSPS) is 24.3. The summed E-state index contributed by atoms with van der Waals surface area (Å²) < 4.78 is 1.97. The molecule has 0 aliphatic heterocycles. The van der Waals surface area contributed by atoms with Gasteiger partial charge >= 0.3 is 0 Å². The highest BCUT2D eigenvalue weighted by molar-refractivity contribution is 5.62. The molecule has 0 bridgehead atoms. The summed E-state index contributed by atoms with van der Waals surface area (Å²) in [4.78, 5) is 4.40. The third-order valence-electron chi connectivity index (χ3n) is 3.77. The SMILES string of the molecule is Cc1nnc2c(NC3CCCC(C)C3)nccn12. The Bertz CT molecular complexity index is 547. The molecule has 0 aromatic carbocycles. The van der Waals surface area contributed by atoms with E-state index in [0.717, 1.165) is 23.2 Å². The third kappa shape index (κ3) is 2.05. The average molecular weight is 245 g/mol. The minimum absolute atomic E-state index is 0.518. The van der Waals surface area contributed by atoms with Gasteiger partial charge in [0.25, 0.3) is 0 Å². The van der Waals surface area contributed by atoms with Gasteiger partial charge in [-0.1, -0.05) is 19.8 Å². The first-order valence-electron chi connectivity index (χ1n) is 6.67. The Morgan fingerprint density at radius 3 is 3.06 bits per heavy atom. The van der Waals surface area contributed by atoms with Crippen LogP contribution in [0.2, 0.25) is 0 Å². The van der Waals surface area contributed by atoms with Crippen LogP contribution >= 0.6 is 0 Å². The van der Waals surface area contributed by atoms with E-state index in [-0.39, 0.29) is 0 Å². The van der Waals surface area contributed by atoms with Crippen molar-refractivity contribution in [1.29, 1.82) is 0 Å². The van der Waals surface area contributed by atoms with Gasteiger partial charge in [0.15, 0.2) is 5.82 Å². The molecule has 2 atom stereocenters. The van der Waals surface area contributed by atoms with E-state index in [1.165, 1.54) is 25.7 Å². The van der Waals surface area contributed by atoms with Gasteiger partial charge in [-0.15, -0.1) is 10.2 Å². The number of hydrogen-bond donors (Lipinski definition) is 1. The van der Waals surface area contributed by atoms with Crippen LogP contribution in [0.25, 0.3) is 5.65 Å². The molecule has 1 aliphatic rings. The summed E-state index contributed by atoms with van der Waals surface area (Å²) in [5.74, 6) is 2.56. The van der Waals surface area contributed by atoms with Crippen molar-refractivity contribution in [2.75, 3.05) is 5.32 Å². The first-order valence-corrected chi connectivity index (χ1v) is 6.67. The number of aryl methyl sites for hydroxylation is 1. The molecule has 2 unspecified atom stereocenters. The van der Waals surface area contributed by atoms with Crippen molar-refractivity contribution < 1.29 is 0 Å². The number of aromatic nitrogens is 4. The Kier molecular flexibility index (Phi) is 2.89. The van der Waals surface area contributed by atoms with Gasteiger partial charge in [0.05, 0.1) is 0 Å². The maximum Gasteiger partial charge on any atom is 0.203 e. The Hall–Kier alpha value is -1.65. The summed E-state index contributed by atoms with van der Waals surface area (Å²) in [5.41, 5.74) is 0.827. The summed E-state index contributed by atoms with van der Waals surface area (Å²) in [6.45, 7) is 4.27. The monoisotopic (exact) mass is 245 g/mol. The zero-order chi connectivity index (χ0) is 12.5. The van der Waals surface area contributed by atoms with Crippen LogP contribution in [-0.2, 0) is 0 Å². The van der Waals surface area contributed by atoms with Gasteiger partial charge in [0, 0.05) is 18.4 Å². The van der Waals surface area contributed by atoms with E-state index in [2.05, 4.69) is 27.4 Å². The topological polar surface area (TPSA) is 55.1 Å². The molecule has 0 radical (unpaired) electrons. The second-order valence-corrected chi connectivity index (χ2v) is 5.33. The highest BCUT2D eigenvalue weighted by Gasteiger charge is 2.20. The van der Waals surface area contributed by atoms with Crippen LogP contribution in [0.15, 0.2) is 12.4 Å². The minimum Gasteiger partial charge on any atom is -0.364 e. The summed E-state index contributed by atoms with van der Waals surface area (Å²) in [6.07, 6.45) is 8.79. The molecule has 3 rings (SSSR count). The standard InChI is InChI=1S/C13H19N5/c1-9-4-3-5-11(8-9)15-12-13-17-16-10(2)18(13)7-6-14-12/h6-7,9,11H,3-5,8H2,1-2H3,(H,14,15). The largest absolute Gasteiger partial charge is 0.364 e. The number of rotatable bonds is 2. The lowest BCUT2D eigenvalue weighted by Gasteiger charge is -2.27. The summed E-state index contributed by atoms with van der Waals surface area (Å²) >= 11 is 0. The van der Waals surface area contributed by atoms with Crippen molar-refractivity contribution in [3.63, 3.8) is 0 Å². The lowest BCUT2D eigenvalue weighted by Crippen LogP contribution is -2.26. The van der Waals surface area contributed by atoms with E-state index in [0.29, 0.717) is 6.04 Å². The minimum atomic E-state index is 0.518. The number of nitrogens with zero attached hydrogens (tertiary/aromatic N) is 4. The van der Waals surface area contributed by atoms with Crippen LogP contribution in [0, 0.1) is 12.8 Å². The first kappa shape index (κ1) is 11.4. The number of anilines is 1. The van der Waals surface area contributed by atoms with Gasteiger partial charge in [-0.3, -0.25) is 4.40 Å². The molecule has 2 aromatic rings. The van der Waals surface area contributed by atoms with Gasteiger partial charge < -0.3 is 5.32 Å². The van der Waals surface area contributed by atoms with E-state index in [1.54, 1.807) is 6.20 Å². The fraction of sp³-hybridized carbons (Fsp3) is 0.615. The van der Waals surface area contributed by atoms with Gasteiger partial charge in [-0.05, 0) is 25.7 Å². The lowest BCUT2D eigenvalue weighted by atomic mass is 9.87. The van der Waals surface area contributed by atoms with Crippen LogP contribution in [0.5, 0.6) is 0 Å². The zero-order valence-corrected chi connectivity index (χ0v) is 10.9. The maximum absolute atomic E-state index is 4.40. The van der Waals surface area contributed by atoms with Crippen LogP contribution in [0.3, 0.4) is 0 Å². The van der Waals surface area contributed by atoms with E-state index in [9.17, 15) is 0 Å². The van der Waals surface area contributed by atoms with E-state index < -0.39 is 0 Å². The smallest absolute Gasteiger partial charge is 0.203 e. The van der Waals surface area contributed by atoms with Crippen LogP contribution in [0.4, 0.5) is 5.82 Å². The highest BCUT2D eigenvalue weighted by atomic mass is 15.3. The quantitative estimate of drug-likeness (QED) is 0.882. The van der Waals surface area contributed by atoms with E-state index >= 15 is 0 Å². The summed E-state index contributed by atoms with van der Waals surface area (Å²) in [7, 11) is 0. The van der Waals surface area contributed by atoms with E-state index in [4.69, 9.17) is 0 Å². The third-order valence-corrected chi connectivity index (χ3v) is 3.77. The molecule has 1 fully saturated rings. The van der Waals surface area contributed by atoms with Crippen molar-refractivity contribution in [3.8, 4) is 0 Å². The average Bonchev–Trinajstić information content (AvgIpc) is 2.73. The van der Waals surface area contributed by atoms with Crippen molar-refractivity contribution in [2.24, 2.45) is 5.92 Å². The van der Waals surface area contributed by atoms with E-state index in [1.807, 2.05) is 17.5 Å². The molecule has 0 spiro atoms. The van der Waals surface area contributed by atoms with Gasteiger partial charge in [0.2, 0.25) is 5.65 Å².